The average molecular weight is 375 g/mol. The summed E-state index contributed by atoms with van der Waals surface area (Å²) in [6.45, 7) is 4.49. The van der Waals surface area contributed by atoms with E-state index in [4.69, 9.17) is 14.4 Å². The summed E-state index contributed by atoms with van der Waals surface area (Å²) in [7, 11) is 1.48. The van der Waals surface area contributed by atoms with Crippen molar-refractivity contribution in [3.63, 3.8) is 0 Å². The summed E-state index contributed by atoms with van der Waals surface area (Å²) in [5.41, 5.74) is 2.06. The van der Waals surface area contributed by atoms with Crippen molar-refractivity contribution in [2.45, 2.75) is 45.1 Å². The first kappa shape index (κ1) is 20.6. The van der Waals surface area contributed by atoms with E-state index in [9.17, 15) is 9.59 Å². The molecule has 1 heterocycles. The molecular weight excluding hydrogens is 350 g/mol. The SMILES string of the molecule is COCCC(NC(=O)CCc1nc(-c2ccc(C(C)C)cc2)no1)C(=O)O. The van der Waals surface area contributed by atoms with Gasteiger partial charge in [-0.25, -0.2) is 4.79 Å². The molecule has 1 unspecified atom stereocenters. The Hall–Kier alpha value is -2.74. The molecule has 0 radical (unpaired) electrons. The van der Waals surface area contributed by atoms with Crippen LogP contribution in [0.2, 0.25) is 0 Å². The standard InChI is InChI=1S/C19H25N3O5/c1-12(2)13-4-6-14(7-5-13)18-21-17(27-22-18)9-8-16(23)20-15(19(24)25)10-11-26-3/h4-7,12,15H,8-11H2,1-3H3,(H,20,23)(H,24,25). The third kappa shape index (κ3) is 6.18. The van der Waals surface area contributed by atoms with E-state index in [1.807, 2.05) is 24.3 Å². The van der Waals surface area contributed by atoms with Gasteiger partial charge in [-0.05, 0) is 11.5 Å². The van der Waals surface area contributed by atoms with Gasteiger partial charge in [0.25, 0.3) is 0 Å². The summed E-state index contributed by atoms with van der Waals surface area (Å²) in [6, 6.07) is 6.94. The van der Waals surface area contributed by atoms with Crippen LogP contribution in [0.15, 0.2) is 28.8 Å². The van der Waals surface area contributed by atoms with Crippen molar-refractivity contribution in [2.75, 3.05) is 13.7 Å². The van der Waals surface area contributed by atoms with Crippen molar-refractivity contribution in [1.82, 2.24) is 15.5 Å². The summed E-state index contributed by atoms with van der Waals surface area (Å²) in [6.07, 6.45) is 0.499. The number of carbonyl (C=O) groups is 2. The zero-order valence-corrected chi connectivity index (χ0v) is 15.8. The Labute approximate surface area is 157 Å². The van der Waals surface area contributed by atoms with Gasteiger partial charge >= 0.3 is 5.97 Å². The summed E-state index contributed by atoms with van der Waals surface area (Å²) in [4.78, 5) is 27.4. The molecule has 2 N–H and O–H groups in total. The molecule has 0 spiro atoms. The van der Waals surface area contributed by atoms with Gasteiger partial charge in [0.1, 0.15) is 6.04 Å². The number of nitrogens with one attached hydrogen (secondary N) is 1. The van der Waals surface area contributed by atoms with E-state index >= 15 is 0 Å². The molecule has 0 aliphatic carbocycles. The predicted molar refractivity (Wildman–Crippen MR) is 98.2 cm³/mol. The van der Waals surface area contributed by atoms with Gasteiger partial charge in [-0.1, -0.05) is 43.3 Å². The molecule has 1 atom stereocenters. The fraction of sp³-hybridized carbons (Fsp3) is 0.474. The lowest BCUT2D eigenvalue weighted by atomic mass is 10.0. The topological polar surface area (TPSA) is 115 Å². The molecule has 0 saturated heterocycles. The summed E-state index contributed by atoms with van der Waals surface area (Å²) in [5.74, 6) is -0.247. The summed E-state index contributed by atoms with van der Waals surface area (Å²) >= 11 is 0. The van der Waals surface area contributed by atoms with E-state index in [1.54, 1.807) is 0 Å². The van der Waals surface area contributed by atoms with E-state index in [0.717, 1.165) is 5.56 Å². The van der Waals surface area contributed by atoms with Gasteiger partial charge in [-0.3, -0.25) is 4.79 Å². The molecule has 27 heavy (non-hydrogen) atoms. The minimum Gasteiger partial charge on any atom is -0.480 e. The Balaban J connectivity index is 1.89. The second-order valence-corrected chi connectivity index (χ2v) is 6.53. The molecule has 0 aliphatic heterocycles. The van der Waals surface area contributed by atoms with Crippen LogP contribution in [-0.4, -0.2) is 46.9 Å². The van der Waals surface area contributed by atoms with Gasteiger partial charge in [-0.15, -0.1) is 0 Å². The maximum absolute atomic E-state index is 12.0. The Bertz CT molecular complexity index is 755. The predicted octanol–water partition coefficient (Wildman–Crippen LogP) is 2.40. The van der Waals surface area contributed by atoms with Crippen molar-refractivity contribution in [3.8, 4) is 11.4 Å². The quantitative estimate of drug-likeness (QED) is 0.655. The molecule has 1 aromatic heterocycles. The fourth-order valence-corrected chi connectivity index (χ4v) is 2.47. The van der Waals surface area contributed by atoms with Crippen LogP contribution in [0.4, 0.5) is 0 Å². The molecule has 2 rings (SSSR count). The van der Waals surface area contributed by atoms with Gasteiger partial charge in [0, 0.05) is 38.5 Å². The number of carboxylic acid groups (broad SMARTS) is 1. The van der Waals surface area contributed by atoms with E-state index in [1.165, 1.54) is 12.7 Å². The van der Waals surface area contributed by atoms with Gasteiger partial charge in [0.15, 0.2) is 0 Å². The number of hydrogen-bond donors (Lipinski definition) is 2. The van der Waals surface area contributed by atoms with E-state index in [0.29, 0.717) is 17.6 Å². The van der Waals surface area contributed by atoms with Crippen LogP contribution in [0.1, 0.15) is 44.1 Å². The van der Waals surface area contributed by atoms with Crippen LogP contribution in [0.5, 0.6) is 0 Å². The van der Waals surface area contributed by atoms with Crippen LogP contribution < -0.4 is 5.32 Å². The molecule has 0 bridgehead atoms. The highest BCUT2D eigenvalue weighted by Gasteiger charge is 2.20. The lowest BCUT2D eigenvalue weighted by Gasteiger charge is -2.13. The van der Waals surface area contributed by atoms with Crippen molar-refractivity contribution < 1.29 is 24.0 Å². The van der Waals surface area contributed by atoms with Crippen molar-refractivity contribution in [2.24, 2.45) is 0 Å². The lowest BCUT2D eigenvalue weighted by Crippen LogP contribution is -2.41. The number of aryl methyl sites for hydroxylation is 1. The average Bonchev–Trinajstić information content (AvgIpc) is 3.12. The third-order valence-corrected chi connectivity index (χ3v) is 4.11. The van der Waals surface area contributed by atoms with Crippen molar-refractivity contribution in [3.05, 3.63) is 35.7 Å². The number of ether oxygens (including phenoxy) is 1. The number of carboxylic acids is 1. The Kier molecular flexibility index (Phi) is 7.48. The molecule has 1 aromatic carbocycles. The number of benzene rings is 1. The number of rotatable bonds is 10. The normalized spacial score (nSPS) is 12.1. The number of hydrogen-bond acceptors (Lipinski definition) is 6. The van der Waals surface area contributed by atoms with Crippen molar-refractivity contribution >= 4 is 11.9 Å². The zero-order chi connectivity index (χ0) is 19.8. The van der Waals surface area contributed by atoms with Crippen LogP contribution >= 0.6 is 0 Å². The molecule has 0 saturated carbocycles. The summed E-state index contributed by atoms with van der Waals surface area (Å²) < 4.78 is 10.0. The Morgan fingerprint density at radius 1 is 1.26 bits per heavy atom. The molecular formula is C19H25N3O5. The molecule has 0 aliphatic rings. The number of amides is 1. The van der Waals surface area contributed by atoms with Crippen LogP contribution in [-0.2, 0) is 20.7 Å². The molecule has 0 fully saturated rings. The van der Waals surface area contributed by atoms with Crippen molar-refractivity contribution in [1.29, 1.82) is 0 Å². The highest BCUT2D eigenvalue weighted by molar-refractivity contribution is 5.83. The number of methoxy groups -OCH3 is 1. The van der Waals surface area contributed by atoms with Gasteiger partial charge in [-0.2, -0.15) is 4.98 Å². The monoisotopic (exact) mass is 375 g/mol. The number of aliphatic carboxylic acids is 1. The maximum Gasteiger partial charge on any atom is 0.326 e. The molecule has 8 heteroatoms. The van der Waals surface area contributed by atoms with Gasteiger partial charge in [0.2, 0.25) is 17.6 Å². The van der Waals surface area contributed by atoms with Crippen LogP contribution in [0.25, 0.3) is 11.4 Å². The number of aromatic nitrogens is 2. The van der Waals surface area contributed by atoms with E-state index < -0.39 is 12.0 Å². The van der Waals surface area contributed by atoms with Crippen LogP contribution in [0, 0.1) is 0 Å². The first-order chi connectivity index (χ1) is 12.9. The molecule has 146 valence electrons. The molecule has 2 aromatic rings. The highest BCUT2D eigenvalue weighted by Crippen LogP contribution is 2.20. The fourth-order valence-electron chi connectivity index (χ4n) is 2.47. The molecule has 8 nitrogen and oxygen atoms in total. The summed E-state index contributed by atoms with van der Waals surface area (Å²) in [5, 5.41) is 15.5. The second-order valence-electron chi connectivity index (χ2n) is 6.53. The second kappa shape index (κ2) is 9.82. The highest BCUT2D eigenvalue weighted by atomic mass is 16.5. The van der Waals surface area contributed by atoms with Gasteiger partial charge in [0.05, 0.1) is 0 Å². The zero-order valence-electron chi connectivity index (χ0n) is 15.8. The Morgan fingerprint density at radius 3 is 2.56 bits per heavy atom. The maximum atomic E-state index is 12.0. The molecule has 1 amide bonds. The van der Waals surface area contributed by atoms with Crippen LogP contribution in [0.3, 0.4) is 0 Å². The smallest absolute Gasteiger partial charge is 0.326 e. The minimum absolute atomic E-state index is 0.0602. The first-order valence-corrected chi connectivity index (χ1v) is 8.84. The largest absolute Gasteiger partial charge is 0.480 e. The van der Waals surface area contributed by atoms with E-state index in [2.05, 4.69) is 29.3 Å². The lowest BCUT2D eigenvalue weighted by molar-refractivity contribution is -0.142. The number of nitrogens with zero attached hydrogens (tertiary/aromatic N) is 2. The Morgan fingerprint density at radius 2 is 1.96 bits per heavy atom. The minimum atomic E-state index is -1.09. The van der Waals surface area contributed by atoms with Gasteiger partial charge < -0.3 is 19.7 Å². The van der Waals surface area contributed by atoms with E-state index in [-0.39, 0.29) is 31.8 Å². The number of carbonyl (C=O) groups excluding carboxylic acids is 1. The first-order valence-electron chi connectivity index (χ1n) is 8.84. The third-order valence-electron chi connectivity index (χ3n) is 4.11.